The number of aromatic nitrogens is 2. The van der Waals surface area contributed by atoms with Crippen LogP contribution in [0.3, 0.4) is 0 Å². The predicted octanol–water partition coefficient (Wildman–Crippen LogP) is 4.65. The minimum absolute atomic E-state index is 0.115. The standard InChI is InChI=1S/C21H21ClN4O3/c22-21-24-11-9-20(25-21)17-6-4-8-19(14-17)29-12-2-1-10-23-15-16-5-3-7-18(13-16)26(27)28/h3-9,11,13-14,23H,1-2,10,12,15H2. The van der Waals surface area contributed by atoms with Gasteiger partial charge in [-0.2, -0.15) is 0 Å². The molecular formula is C21H21ClN4O3. The van der Waals surface area contributed by atoms with E-state index < -0.39 is 0 Å². The smallest absolute Gasteiger partial charge is 0.269 e. The third kappa shape index (κ3) is 6.51. The summed E-state index contributed by atoms with van der Waals surface area (Å²) < 4.78 is 5.83. The Hall–Kier alpha value is -3.03. The molecule has 3 rings (SSSR count). The van der Waals surface area contributed by atoms with Gasteiger partial charge in [0.2, 0.25) is 5.28 Å². The lowest BCUT2D eigenvalue weighted by atomic mass is 10.1. The Morgan fingerprint density at radius 2 is 1.97 bits per heavy atom. The molecule has 150 valence electrons. The Bertz CT molecular complexity index is 968. The molecule has 29 heavy (non-hydrogen) atoms. The van der Waals surface area contributed by atoms with Crippen LogP contribution in [0.2, 0.25) is 5.28 Å². The Morgan fingerprint density at radius 1 is 1.10 bits per heavy atom. The fourth-order valence-electron chi connectivity index (χ4n) is 2.80. The van der Waals surface area contributed by atoms with Crippen molar-refractivity contribution in [1.29, 1.82) is 0 Å². The van der Waals surface area contributed by atoms with E-state index in [0.29, 0.717) is 13.2 Å². The lowest BCUT2D eigenvalue weighted by molar-refractivity contribution is -0.384. The topological polar surface area (TPSA) is 90.2 Å². The molecule has 0 unspecified atom stereocenters. The summed E-state index contributed by atoms with van der Waals surface area (Å²) in [7, 11) is 0. The molecule has 0 aliphatic rings. The summed E-state index contributed by atoms with van der Waals surface area (Å²) in [5, 5.41) is 14.3. The van der Waals surface area contributed by atoms with Crippen LogP contribution in [0.25, 0.3) is 11.3 Å². The summed E-state index contributed by atoms with van der Waals surface area (Å²) in [6, 6.07) is 16.2. The molecule has 8 heteroatoms. The lowest BCUT2D eigenvalue weighted by Crippen LogP contribution is -2.15. The highest BCUT2D eigenvalue weighted by atomic mass is 35.5. The first-order valence-electron chi connectivity index (χ1n) is 9.27. The van der Waals surface area contributed by atoms with Gasteiger partial charge in [-0.15, -0.1) is 0 Å². The van der Waals surface area contributed by atoms with Crippen LogP contribution in [0.4, 0.5) is 5.69 Å². The molecule has 0 saturated heterocycles. The Morgan fingerprint density at radius 3 is 2.79 bits per heavy atom. The van der Waals surface area contributed by atoms with Crippen LogP contribution in [0, 0.1) is 10.1 Å². The molecular weight excluding hydrogens is 392 g/mol. The molecule has 0 saturated carbocycles. The maximum absolute atomic E-state index is 10.8. The molecule has 0 amide bonds. The SMILES string of the molecule is O=[N+]([O-])c1cccc(CNCCCCOc2cccc(-c3ccnc(Cl)n3)c2)c1. The number of nitrogens with one attached hydrogen (secondary N) is 1. The number of nitro benzene ring substituents is 1. The molecule has 1 heterocycles. The van der Waals surface area contributed by atoms with Gasteiger partial charge in [-0.1, -0.05) is 24.3 Å². The largest absolute Gasteiger partial charge is 0.494 e. The van der Waals surface area contributed by atoms with E-state index in [-0.39, 0.29) is 15.9 Å². The number of nitro groups is 1. The first-order chi connectivity index (χ1) is 14.1. The molecule has 1 aromatic heterocycles. The van der Waals surface area contributed by atoms with Crippen molar-refractivity contribution in [3.8, 4) is 17.0 Å². The highest BCUT2D eigenvalue weighted by Gasteiger charge is 2.05. The first kappa shape index (κ1) is 20.7. The zero-order valence-electron chi connectivity index (χ0n) is 15.8. The number of benzene rings is 2. The van der Waals surface area contributed by atoms with E-state index in [9.17, 15) is 10.1 Å². The minimum Gasteiger partial charge on any atom is -0.494 e. The van der Waals surface area contributed by atoms with Crippen molar-refractivity contribution in [1.82, 2.24) is 15.3 Å². The van der Waals surface area contributed by atoms with Crippen molar-refractivity contribution in [3.63, 3.8) is 0 Å². The third-order valence-corrected chi connectivity index (χ3v) is 4.41. The number of non-ortho nitro benzene ring substituents is 1. The highest BCUT2D eigenvalue weighted by molar-refractivity contribution is 6.28. The van der Waals surface area contributed by atoms with Gasteiger partial charge in [0.15, 0.2) is 0 Å². The Kier molecular flexibility index (Phi) is 7.49. The van der Waals surface area contributed by atoms with Crippen LogP contribution in [0.15, 0.2) is 60.8 Å². The van der Waals surface area contributed by atoms with Crippen LogP contribution < -0.4 is 10.1 Å². The quantitative estimate of drug-likeness (QED) is 0.225. The molecule has 0 fully saturated rings. The Balaban J connectivity index is 1.37. The zero-order chi connectivity index (χ0) is 20.5. The average molecular weight is 413 g/mol. The van der Waals surface area contributed by atoms with Gasteiger partial charge in [-0.05, 0) is 54.7 Å². The van der Waals surface area contributed by atoms with Crippen molar-refractivity contribution in [2.24, 2.45) is 0 Å². The van der Waals surface area contributed by atoms with E-state index in [1.165, 1.54) is 6.07 Å². The second-order valence-electron chi connectivity index (χ2n) is 6.40. The van der Waals surface area contributed by atoms with Crippen LogP contribution in [-0.2, 0) is 6.54 Å². The fraction of sp³-hybridized carbons (Fsp3) is 0.238. The molecule has 0 spiro atoms. The van der Waals surface area contributed by atoms with Gasteiger partial charge in [-0.25, -0.2) is 9.97 Å². The molecule has 0 aliphatic heterocycles. The van der Waals surface area contributed by atoms with Gasteiger partial charge in [0, 0.05) is 30.4 Å². The Labute approximate surface area is 173 Å². The van der Waals surface area contributed by atoms with Gasteiger partial charge in [-0.3, -0.25) is 10.1 Å². The number of nitrogens with zero attached hydrogens (tertiary/aromatic N) is 3. The summed E-state index contributed by atoms with van der Waals surface area (Å²) in [4.78, 5) is 18.5. The van der Waals surface area contributed by atoms with Crippen molar-refractivity contribution in [2.75, 3.05) is 13.2 Å². The van der Waals surface area contributed by atoms with Crippen LogP contribution >= 0.6 is 11.6 Å². The molecule has 2 aromatic carbocycles. The van der Waals surface area contributed by atoms with E-state index in [1.54, 1.807) is 24.4 Å². The summed E-state index contributed by atoms with van der Waals surface area (Å²) in [5.41, 5.74) is 2.69. The van der Waals surface area contributed by atoms with Gasteiger partial charge in [0.1, 0.15) is 5.75 Å². The molecule has 3 aromatic rings. The van der Waals surface area contributed by atoms with Gasteiger partial charge >= 0.3 is 0 Å². The van der Waals surface area contributed by atoms with Gasteiger partial charge in [0.05, 0.1) is 17.2 Å². The highest BCUT2D eigenvalue weighted by Crippen LogP contribution is 2.23. The molecule has 0 radical (unpaired) electrons. The monoisotopic (exact) mass is 412 g/mol. The number of halogens is 1. The second kappa shape index (κ2) is 10.5. The van der Waals surface area contributed by atoms with Crippen molar-refractivity contribution < 1.29 is 9.66 Å². The van der Waals surface area contributed by atoms with Crippen molar-refractivity contribution in [2.45, 2.75) is 19.4 Å². The normalized spacial score (nSPS) is 10.7. The van der Waals surface area contributed by atoms with Gasteiger partial charge in [0.25, 0.3) is 5.69 Å². The number of ether oxygens (including phenoxy) is 1. The lowest BCUT2D eigenvalue weighted by Gasteiger charge is -2.09. The maximum Gasteiger partial charge on any atom is 0.269 e. The second-order valence-corrected chi connectivity index (χ2v) is 6.74. The molecule has 0 bridgehead atoms. The van der Waals surface area contributed by atoms with E-state index >= 15 is 0 Å². The van der Waals surface area contributed by atoms with Crippen molar-refractivity contribution >= 4 is 17.3 Å². The van der Waals surface area contributed by atoms with Crippen LogP contribution in [0.1, 0.15) is 18.4 Å². The first-order valence-corrected chi connectivity index (χ1v) is 9.65. The minimum atomic E-state index is -0.380. The number of hydrogen-bond acceptors (Lipinski definition) is 6. The maximum atomic E-state index is 10.8. The molecule has 7 nitrogen and oxygen atoms in total. The van der Waals surface area contributed by atoms with E-state index in [4.69, 9.17) is 16.3 Å². The number of unbranched alkanes of at least 4 members (excludes halogenated alkanes) is 1. The van der Waals surface area contributed by atoms with Crippen LogP contribution in [0.5, 0.6) is 5.75 Å². The van der Waals surface area contributed by atoms with E-state index in [1.807, 2.05) is 30.3 Å². The van der Waals surface area contributed by atoms with Crippen molar-refractivity contribution in [3.05, 3.63) is 81.8 Å². The molecule has 1 N–H and O–H groups in total. The summed E-state index contributed by atoms with van der Waals surface area (Å²) in [6.07, 6.45) is 3.46. The molecule has 0 atom stereocenters. The molecule has 0 aliphatic carbocycles. The zero-order valence-corrected chi connectivity index (χ0v) is 16.5. The average Bonchev–Trinajstić information content (AvgIpc) is 2.73. The predicted molar refractivity (Wildman–Crippen MR) is 112 cm³/mol. The summed E-state index contributed by atoms with van der Waals surface area (Å²) in [6.45, 7) is 2.02. The van der Waals surface area contributed by atoms with E-state index in [2.05, 4.69) is 15.3 Å². The van der Waals surface area contributed by atoms with E-state index in [0.717, 1.165) is 42.0 Å². The third-order valence-electron chi connectivity index (χ3n) is 4.22. The summed E-state index contributed by atoms with van der Waals surface area (Å²) in [5.74, 6) is 0.779. The number of rotatable bonds is 10. The summed E-state index contributed by atoms with van der Waals surface area (Å²) >= 11 is 5.85. The fourth-order valence-corrected chi connectivity index (χ4v) is 2.94. The van der Waals surface area contributed by atoms with Crippen LogP contribution in [-0.4, -0.2) is 28.0 Å². The number of hydrogen-bond donors (Lipinski definition) is 1. The van der Waals surface area contributed by atoms with Gasteiger partial charge < -0.3 is 10.1 Å².